The lowest BCUT2D eigenvalue weighted by Gasteiger charge is -2.15. The molecular formula is C20H23NO4S. The zero-order chi connectivity index (χ0) is 18.5. The van der Waals surface area contributed by atoms with Gasteiger partial charge in [-0.15, -0.1) is 11.3 Å². The molecule has 0 saturated carbocycles. The summed E-state index contributed by atoms with van der Waals surface area (Å²) in [6.07, 6.45) is 3.28. The van der Waals surface area contributed by atoms with E-state index in [2.05, 4.69) is 5.32 Å². The van der Waals surface area contributed by atoms with E-state index < -0.39 is 6.10 Å². The quantitative estimate of drug-likeness (QED) is 0.771. The molecule has 1 unspecified atom stereocenters. The van der Waals surface area contributed by atoms with E-state index in [1.54, 1.807) is 26.0 Å². The van der Waals surface area contributed by atoms with Gasteiger partial charge in [0.05, 0.1) is 12.2 Å². The summed E-state index contributed by atoms with van der Waals surface area (Å²) in [4.78, 5) is 26.2. The Bertz CT molecular complexity index is 785. The Kier molecular flexibility index (Phi) is 5.93. The highest BCUT2D eigenvalue weighted by molar-refractivity contribution is 7.17. The Hall–Kier alpha value is -2.34. The minimum atomic E-state index is -0.674. The highest BCUT2D eigenvalue weighted by atomic mass is 32.1. The summed E-state index contributed by atoms with van der Waals surface area (Å²) in [5, 5.41) is 3.45. The van der Waals surface area contributed by atoms with Gasteiger partial charge in [0, 0.05) is 4.88 Å². The van der Waals surface area contributed by atoms with Gasteiger partial charge in [-0.1, -0.05) is 18.2 Å². The molecule has 0 spiro atoms. The number of hydrogen-bond donors (Lipinski definition) is 1. The molecule has 138 valence electrons. The Labute approximate surface area is 157 Å². The molecule has 0 saturated heterocycles. The predicted octanol–water partition coefficient (Wildman–Crippen LogP) is 4.21. The maximum atomic E-state index is 12.6. The number of benzene rings is 1. The molecule has 1 aliphatic rings. The van der Waals surface area contributed by atoms with Gasteiger partial charge < -0.3 is 14.8 Å². The smallest absolute Gasteiger partial charge is 0.341 e. The number of aryl methyl sites for hydroxylation is 1. The molecule has 0 aliphatic heterocycles. The van der Waals surface area contributed by atoms with Crippen LogP contribution in [0.4, 0.5) is 5.00 Å². The van der Waals surface area contributed by atoms with Gasteiger partial charge in [0.25, 0.3) is 5.91 Å². The zero-order valence-corrected chi connectivity index (χ0v) is 15.9. The van der Waals surface area contributed by atoms with Gasteiger partial charge in [-0.3, -0.25) is 4.79 Å². The Morgan fingerprint density at radius 2 is 1.92 bits per heavy atom. The molecule has 0 radical (unpaired) electrons. The van der Waals surface area contributed by atoms with Crippen molar-refractivity contribution in [3.8, 4) is 5.75 Å². The summed E-state index contributed by atoms with van der Waals surface area (Å²) < 4.78 is 10.9. The monoisotopic (exact) mass is 373 g/mol. The van der Waals surface area contributed by atoms with Gasteiger partial charge in [-0.25, -0.2) is 4.79 Å². The Balaban J connectivity index is 1.79. The Morgan fingerprint density at radius 1 is 1.19 bits per heavy atom. The molecule has 1 aliphatic carbocycles. The van der Waals surface area contributed by atoms with Crippen LogP contribution in [0, 0.1) is 0 Å². The van der Waals surface area contributed by atoms with Gasteiger partial charge in [0.15, 0.2) is 6.10 Å². The van der Waals surface area contributed by atoms with Crippen molar-refractivity contribution in [2.45, 2.75) is 45.6 Å². The first-order valence-electron chi connectivity index (χ1n) is 8.94. The molecule has 2 aromatic rings. The maximum absolute atomic E-state index is 12.6. The second kappa shape index (κ2) is 8.36. The van der Waals surface area contributed by atoms with E-state index in [1.807, 2.05) is 18.2 Å². The van der Waals surface area contributed by atoms with Crippen molar-refractivity contribution < 1.29 is 19.1 Å². The fourth-order valence-electron chi connectivity index (χ4n) is 3.04. The molecule has 5 nitrogen and oxygen atoms in total. The van der Waals surface area contributed by atoms with Crippen molar-refractivity contribution in [1.82, 2.24) is 0 Å². The van der Waals surface area contributed by atoms with E-state index in [-0.39, 0.29) is 11.9 Å². The van der Waals surface area contributed by atoms with Crippen molar-refractivity contribution in [2.75, 3.05) is 11.9 Å². The number of hydrogen-bond acceptors (Lipinski definition) is 5. The number of para-hydroxylation sites is 1. The van der Waals surface area contributed by atoms with E-state index >= 15 is 0 Å². The molecule has 26 heavy (non-hydrogen) atoms. The van der Waals surface area contributed by atoms with E-state index in [4.69, 9.17) is 9.47 Å². The number of anilines is 1. The molecular weight excluding hydrogens is 350 g/mol. The van der Waals surface area contributed by atoms with E-state index in [0.717, 1.165) is 31.2 Å². The summed E-state index contributed by atoms with van der Waals surface area (Å²) in [5.74, 6) is -0.0110. The fourth-order valence-corrected chi connectivity index (χ4v) is 4.32. The van der Waals surface area contributed by atoms with Crippen LogP contribution in [0.15, 0.2) is 30.3 Å². The number of carbonyl (C=O) groups excluding carboxylic acids is 2. The standard InChI is InChI=1S/C20H23NO4S/c1-3-24-20(23)17-15-11-7-8-12-16(15)26-19(17)21-18(22)13(2)25-14-9-5-4-6-10-14/h4-6,9-10,13H,3,7-8,11-12H2,1-2H3,(H,21,22). The van der Waals surface area contributed by atoms with Crippen LogP contribution in [0.5, 0.6) is 5.75 Å². The molecule has 1 aromatic carbocycles. The van der Waals surface area contributed by atoms with E-state index in [0.29, 0.717) is 22.9 Å². The van der Waals surface area contributed by atoms with Gasteiger partial charge in [-0.05, 0) is 57.2 Å². The average molecular weight is 373 g/mol. The first-order chi connectivity index (χ1) is 12.6. The molecule has 1 heterocycles. The second-order valence-electron chi connectivity index (χ2n) is 6.20. The first kappa shape index (κ1) is 18.5. The van der Waals surface area contributed by atoms with Crippen LogP contribution in [0.25, 0.3) is 0 Å². The molecule has 1 aromatic heterocycles. The largest absolute Gasteiger partial charge is 0.481 e. The lowest BCUT2D eigenvalue weighted by atomic mass is 9.95. The number of esters is 1. The maximum Gasteiger partial charge on any atom is 0.341 e. The van der Waals surface area contributed by atoms with Crippen LogP contribution in [0.2, 0.25) is 0 Å². The zero-order valence-electron chi connectivity index (χ0n) is 15.0. The molecule has 0 bridgehead atoms. The summed E-state index contributed by atoms with van der Waals surface area (Å²) in [7, 11) is 0. The third kappa shape index (κ3) is 4.07. The topological polar surface area (TPSA) is 64.6 Å². The number of ether oxygens (including phenoxy) is 2. The molecule has 3 rings (SSSR count). The number of carbonyl (C=O) groups is 2. The summed E-state index contributed by atoms with van der Waals surface area (Å²) in [6.45, 7) is 3.79. The van der Waals surface area contributed by atoms with E-state index in [1.165, 1.54) is 16.2 Å². The number of rotatable bonds is 6. The number of thiophene rings is 1. The Morgan fingerprint density at radius 3 is 2.65 bits per heavy atom. The molecule has 1 N–H and O–H groups in total. The van der Waals surface area contributed by atoms with Crippen molar-refractivity contribution in [3.05, 3.63) is 46.3 Å². The van der Waals surface area contributed by atoms with Crippen LogP contribution in [0.1, 0.15) is 47.5 Å². The van der Waals surface area contributed by atoms with Gasteiger partial charge in [0.2, 0.25) is 0 Å². The lowest BCUT2D eigenvalue weighted by Crippen LogP contribution is -2.30. The third-order valence-corrected chi connectivity index (χ3v) is 5.52. The lowest BCUT2D eigenvalue weighted by molar-refractivity contribution is -0.122. The summed E-state index contributed by atoms with van der Waals surface area (Å²) in [6, 6.07) is 9.20. The number of fused-ring (bicyclic) bond motifs is 1. The molecule has 0 fully saturated rings. The van der Waals surface area contributed by atoms with Crippen molar-refractivity contribution in [3.63, 3.8) is 0 Å². The fraction of sp³-hybridized carbons (Fsp3) is 0.400. The minimum absolute atomic E-state index is 0.280. The van der Waals surface area contributed by atoms with Crippen LogP contribution >= 0.6 is 11.3 Å². The van der Waals surface area contributed by atoms with Crippen molar-refractivity contribution >= 4 is 28.2 Å². The summed E-state index contributed by atoms with van der Waals surface area (Å²) in [5.41, 5.74) is 1.55. The SMILES string of the molecule is CCOC(=O)c1c(NC(=O)C(C)Oc2ccccc2)sc2c1CCCC2. The van der Waals surface area contributed by atoms with Crippen LogP contribution in [-0.2, 0) is 22.4 Å². The van der Waals surface area contributed by atoms with Gasteiger partial charge in [-0.2, -0.15) is 0 Å². The van der Waals surface area contributed by atoms with Crippen LogP contribution < -0.4 is 10.1 Å². The summed E-state index contributed by atoms with van der Waals surface area (Å²) >= 11 is 1.48. The molecule has 1 amide bonds. The van der Waals surface area contributed by atoms with Gasteiger partial charge >= 0.3 is 5.97 Å². The van der Waals surface area contributed by atoms with E-state index in [9.17, 15) is 9.59 Å². The average Bonchev–Trinajstić information content (AvgIpc) is 3.00. The predicted molar refractivity (Wildman–Crippen MR) is 102 cm³/mol. The number of nitrogens with one attached hydrogen (secondary N) is 1. The highest BCUT2D eigenvalue weighted by Gasteiger charge is 2.28. The molecule has 6 heteroatoms. The second-order valence-corrected chi connectivity index (χ2v) is 7.30. The highest BCUT2D eigenvalue weighted by Crippen LogP contribution is 2.38. The van der Waals surface area contributed by atoms with Crippen molar-refractivity contribution in [1.29, 1.82) is 0 Å². The number of amides is 1. The normalized spacial score (nSPS) is 14.2. The van der Waals surface area contributed by atoms with Gasteiger partial charge in [0.1, 0.15) is 10.8 Å². The molecule has 1 atom stereocenters. The first-order valence-corrected chi connectivity index (χ1v) is 9.76. The van der Waals surface area contributed by atoms with Crippen molar-refractivity contribution in [2.24, 2.45) is 0 Å². The van der Waals surface area contributed by atoms with Crippen LogP contribution in [-0.4, -0.2) is 24.6 Å². The minimum Gasteiger partial charge on any atom is -0.481 e. The van der Waals surface area contributed by atoms with Crippen LogP contribution in [0.3, 0.4) is 0 Å². The third-order valence-electron chi connectivity index (χ3n) is 4.31.